The van der Waals surface area contributed by atoms with Crippen molar-refractivity contribution < 1.29 is 13.5 Å². The van der Waals surface area contributed by atoms with Gasteiger partial charge in [0.1, 0.15) is 17.2 Å². The number of hydrogen-bond acceptors (Lipinski definition) is 5. The van der Waals surface area contributed by atoms with Gasteiger partial charge in [-0.15, -0.1) is 0 Å². The molecule has 1 saturated heterocycles. The normalized spacial score (nSPS) is 25.2. The van der Waals surface area contributed by atoms with Crippen molar-refractivity contribution in [1.29, 1.82) is 0 Å². The minimum atomic E-state index is -0.863. The molecule has 2 aromatic rings. The Morgan fingerprint density at radius 3 is 3.00 bits per heavy atom. The largest absolute Gasteiger partial charge is 0.379 e. The highest BCUT2D eigenvalue weighted by Crippen LogP contribution is 2.45. The standard InChI is InChI=1S/C19H16ClF2N3OS/c20-13-2-4-17(24-7-13)16(22)6-11-1-3-15(21)14(5-11)19-10-26-8-12(19)9-27-18(23)25-19/h1-7,12H,8-10H2,(H2,23,25)/b16-6-/t12-,19-/m1/s1. The topological polar surface area (TPSA) is 60.5 Å². The molecular formula is C19H16ClF2N3OS. The number of fused-ring (bicyclic) bond motifs is 1. The van der Waals surface area contributed by atoms with Gasteiger partial charge in [-0.05, 0) is 35.9 Å². The molecule has 4 rings (SSSR count). The summed E-state index contributed by atoms with van der Waals surface area (Å²) >= 11 is 7.22. The number of rotatable bonds is 3. The smallest absolute Gasteiger partial charge is 0.154 e. The van der Waals surface area contributed by atoms with Crippen molar-refractivity contribution in [1.82, 2.24) is 4.98 Å². The lowest BCUT2D eigenvalue weighted by molar-refractivity contribution is 0.176. The highest BCUT2D eigenvalue weighted by atomic mass is 35.5. The Labute approximate surface area is 164 Å². The second kappa shape index (κ2) is 7.22. The molecule has 0 saturated carbocycles. The van der Waals surface area contributed by atoms with Gasteiger partial charge in [0.15, 0.2) is 5.17 Å². The number of hydrogen-bond donors (Lipinski definition) is 1. The third kappa shape index (κ3) is 3.47. The summed E-state index contributed by atoms with van der Waals surface area (Å²) in [5.41, 5.74) is 6.09. The quantitative estimate of drug-likeness (QED) is 0.826. The van der Waals surface area contributed by atoms with Gasteiger partial charge in [-0.2, -0.15) is 0 Å². The predicted molar refractivity (Wildman–Crippen MR) is 105 cm³/mol. The Kier molecular flexibility index (Phi) is 4.92. The lowest BCUT2D eigenvalue weighted by Crippen LogP contribution is -2.40. The van der Waals surface area contributed by atoms with Crippen LogP contribution in [0.15, 0.2) is 41.5 Å². The number of pyridine rings is 1. The van der Waals surface area contributed by atoms with E-state index in [0.717, 1.165) is 0 Å². The Bertz CT molecular complexity index is 935. The fourth-order valence-corrected chi connectivity index (χ4v) is 4.48. The van der Waals surface area contributed by atoms with Crippen molar-refractivity contribution in [2.24, 2.45) is 16.6 Å². The van der Waals surface area contributed by atoms with Crippen LogP contribution in [0.2, 0.25) is 5.02 Å². The first-order valence-corrected chi connectivity index (χ1v) is 9.69. The fraction of sp³-hybridized carbons (Fsp3) is 0.263. The molecular weight excluding hydrogens is 392 g/mol. The first-order valence-electron chi connectivity index (χ1n) is 8.33. The molecule has 4 nitrogen and oxygen atoms in total. The van der Waals surface area contributed by atoms with E-state index in [0.29, 0.717) is 33.7 Å². The van der Waals surface area contributed by atoms with Crippen LogP contribution in [0.3, 0.4) is 0 Å². The summed E-state index contributed by atoms with van der Waals surface area (Å²) in [7, 11) is 0. The van der Waals surface area contributed by atoms with E-state index in [4.69, 9.17) is 22.1 Å². The zero-order valence-corrected chi connectivity index (χ0v) is 15.7. The van der Waals surface area contributed by atoms with E-state index in [1.165, 1.54) is 42.2 Å². The van der Waals surface area contributed by atoms with Crippen molar-refractivity contribution in [3.63, 3.8) is 0 Å². The average molecular weight is 408 g/mol. The maximum Gasteiger partial charge on any atom is 0.154 e. The molecule has 2 aliphatic rings. The van der Waals surface area contributed by atoms with Gasteiger partial charge < -0.3 is 10.5 Å². The van der Waals surface area contributed by atoms with Gasteiger partial charge >= 0.3 is 0 Å². The van der Waals surface area contributed by atoms with Crippen molar-refractivity contribution >= 4 is 40.4 Å². The Balaban J connectivity index is 1.75. The summed E-state index contributed by atoms with van der Waals surface area (Å²) in [5.74, 6) is -0.219. The monoisotopic (exact) mass is 407 g/mol. The van der Waals surface area contributed by atoms with E-state index in [2.05, 4.69) is 9.98 Å². The molecule has 3 heterocycles. The Morgan fingerprint density at radius 1 is 1.37 bits per heavy atom. The maximum absolute atomic E-state index is 14.7. The summed E-state index contributed by atoms with van der Waals surface area (Å²) in [5, 5.41) is 0.834. The number of ether oxygens (including phenoxy) is 1. The van der Waals surface area contributed by atoms with E-state index in [9.17, 15) is 8.78 Å². The van der Waals surface area contributed by atoms with Gasteiger partial charge in [0, 0.05) is 23.4 Å². The predicted octanol–water partition coefficient (Wildman–Crippen LogP) is 4.24. The van der Waals surface area contributed by atoms with Crippen molar-refractivity contribution in [2.75, 3.05) is 19.0 Å². The van der Waals surface area contributed by atoms with Crippen LogP contribution < -0.4 is 5.73 Å². The van der Waals surface area contributed by atoms with Crippen LogP contribution in [0.4, 0.5) is 8.78 Å². The van der Waals surface area contributed by atoms with E-state index in [-0.39, 0.29) is 18.2 Å². The highest BCUT2D eigenvalue weighted by Gasteiger charge is 2.49. The molecule has 0 unspecified atom stereocenters. The number of amidine groups is 1. The average Bonchev–Trinajstić information content (AvgIpc) is 3.07. The summed E-state index contributed by atoms with van der Waals surface area (Å²) in [6.07, 6.45) is 2.68. The molecule has 0 spiro atoms. The molecule has 2 aliphatic heterocycles. The number of nitrogens with zero attached hydrogens (tertiary/aromatic N) is 2. The van der Waals surface area contributed by atoms with Gasteiger partial charge in [0.05, 0.1) is 23.9 Å². The molecule has 0 aliphatic carbocycles. The second-order valence-corrected chi connectivity index (χ2v) is 7.97. The van der Waals surface area contributed by atoms with Gasteiger partial charge in [-0.1, -0.05) is 29.4 Å². The third-order valence-corrected chi connectivity index (χ3v) is 5.96. The summed E-state index contributed by atoms with van der Waals surface area (Å²) in [6, 6.07) is 7.49. The van der Waals surface area contributed by atoms with Crippen molar-refractivity contribution in [3.05, 3.63) is 64.2 Å². The fourth-order valence-electron chi connectivity index (χ4n) is 3.40. The minimum absolute atomic E-state index is 0.0197. The summed E-state index contributed by atoms with van der Waals surface area (Å²) < 4.78 is 34.8. The zero-order chi connectivity index (χ0) is 19.0. The van der Waals surface area contributed by atoms with Crippen LogP contribution in [-0.4, -0.2) is 29.1 Å². The van der Waals surface area contributed by atoms with Gasteiger partial charge in [0.25, 0.3) is 0 Å². The summed E-state index contributed by atoms with van der Waals surface area (Å²) in [6.45, 7) is 0.747. The lowest BCUT2D eigenvalue weighted by atomic mass is 9.81. The molecule has 27 heavy (non-hydrogen) atoms. The van der Waals surface area contributed by atoms with Crippen LogP contribution in [0.25, 0.3) is 11.9 Å². The molecule has 140 valence electrons. The SMILES string of the molecule is NC1=N[C@]2(c3cc(/C=C(\F)c4ccc(Cl)cn4)ccc3F)COC[C@@H]2CS1. The first kappa shape index (κ1) is 18.4. The number of benzene rings is 1. The van der Waals surface area contributed by atoms with Crippen LogP contribution in [-0.2, 0) is 10.3 Å². The van der Waals surface area contributed by atoms with Gasteiger partial charge in [-0.3, -0.25) is 4.98 Å². The van der Waals surface area contributed by atoms with Crippen LogP contribution in [0.5, 0.6) is 0 Å². The van der Waals surface area contributed by atoms with Crippen LogP contribution >= 0.6 is 23.4 Å². The molecule has 2 N–H and O–H groups in total. The molecule has 1 aromatic heterocycles. The minimum Gasteiger partial charge on any atom is -0.379 e. The maximum atomic E-state index is 14.7. The molecule has 0 amide bonds. The van der Waals surface area contributed by atoms with Gasteiger partial charge in [-0.25, -0.2) is 13.8 Å². The Hall–Kier alpha value is -1.96. The van der Waals surface area contributed by atoms with E-state index in [1.807, 2.05) is 0 Å². The number of halogens is 3. The number of aliphatic imine (C=N–C) groups is 1. The molecule has 0 bridgehead atoms. The zero-order valence-electron chi connectivity index (χ0n) is 14.2. The molecule has 8 heteroatoms. The van der Waals surface area contributed by atoms with E-state index >= 15 is 0 Å². The molecule has 1 aromatic carbocycles. The van der Waals surface area contributed by atoms with Crippen molar-refractivity contribution in [3.8, 4) is 0 Å². The Morgan fingerprint density at radius 2 is 2.22 bits per heavy atom. The van der Waals surface area contributed by atoms with Crippen molar-refractivity contribution in [2.45, 2.75) is 5.54 Å². The molecule has 0 radical (unpaired) electrons. The highest BCUT2D eigenvalue weighted by molar-refractivity contribution is 8.13. The third-order valence-electron chi connectivity index (χ3n) is 4.78. The van der Waals surface area contributed by atoms with Crippen LogP contribution in [0, 0.1) is 11.7 Å². The lowest BCUT2D eigenvalue weighted by Gasteiger charge is -2.34. The number of aromatic nitrogens is 1. The molecule has 1 fully saturated rings. The van der Waals surface area contributed by atoms with E-state index < -0.39 is 17.2 Å². The molecule has 2 atom stereocenters. The van der Waals surface area contributed by atoms with Crippen LogP contribution in [0.1, 0.15) is 16.8 Å². The first-order chi connectivity index (χ1) is 13.0. The number of thioether (sulfide) groups is 1. The second-order valence-electron chi connectivity index (χ2n) is 6.49. The number of nitrogens with two attached hydrogens (primary N) is 1. The van der Waals surface area contributed by atoms with Gasteiger partial charge in [0.2, 0.25) is 0 Å². The summed E-state index contributed by atoms with van der Waals surface area (Å²) in [4.78, 5) is 8.50. The van der Waals surface area contributed by atoms with E-state index in [1.54, 1.807) is 12.1 Å².